The molecule has 41 heavy (non-hydrogen) atoms. The van der Waals surface area contributed by atoms with Gasteiger partial charge in [-0.2, -0.15) is 0 Å². The Morgan fingerprint density at radius 3 is 2.34 bits per heavy atom. The summed E-state index contributed by atoms with van der Waals surface area (Å²) in [6.07, 6.45) is 1.82. The molecule has 0 amide bonds. The molecule has 1 fully saturated rings. The van der Waals surface area contributed by atoms with Crippen LogP contribution in [-0.2, 0) is 0 Å². The fourth-order valence-corrected chi connectivity index (χ4v) is 6.10. The van der Waals surface area contributed by atoms with E-state index in [1.165, 1.54) is 0 Å². The van der Waals surface area contributed by atoms with Gasteiger partial charge in [0, 0.05) is 35.0 Å². The maximum atomic E-state index is 6.04. The molecule has 7 nitrogen and oxygen atoms in total. The van der Waals surface area contributed by atoms with E-state index in [4.69, 9.17) is 31.4 Å². The van der Waals surface area contributed by atoms with Gasteiger partial charge in [-0.25, -0.2) is 0 Å². The molecule has 5 aromatic rings. The van der Waals surface area contributed by atoms with E-state index in [9.17, 15) is 0 Å². The second kappa shape index (κ2) is 10.3. The Morgan fingerprint density at radius 2 is 1.56 bits per heavy atom. The van der Waals surface area contributed by atoms with Gasteiger partial charge in [-0.3, -0.25) is 4.98 Å². The third-order valence-corrected chi connectivity index (χ3v) is 7.91. The van der Waals surface area contributed by atoms with Crippen molar-refractivity contribution >= 4 is 23.0 Å². The van der Waals surface area contributed by atoms with E-state index in [2.05, 4.69) is 52.9 Å². The first kappa shape index (κ1) is 25.2. The summed E-state index contributed by atoms with van der Waals surface area (Å²) in [4.78, 5) is 6.90. The van der Waals surface area contributed by atoms with Crippen molar-refractivity contribution in [2.45, 2.75) is 25.9 Å². The lowest BCUT2D eigenvalue weighted by Crippen LogP contribution is -2.29. The number of hydrogen-bond donors (Lipinski definition) is 1. The number of thiocarbonyl (C=S) groups is 1. The van der Waals surface area contributed by atoms with Gasteiger partial charge in [0.05, 0.1) is 17.8 Å². The van der Waals surface area contributed by atoms with Crippen LogP contribution in [-0.4, -0.2) is 21.5 Å². The molecule has 0 aliphatic carbocycles. The van der Waals surface area contributed by atoms with Crippen molar-refractivity contribution < 1.29 is 14.2 Å². The summed E-state index contributed by atoms with van der Waals surface area (Å²) in [6.45, 7) is 4.52. The smallest absolute Gasteiger partial charge is 0.231 e. The minimum atomic E-state index is -0.144. The van der Waals surface area contributed by atoms with Crippen LogP contribution >= 0.6 is 12.2 Å². The highest BCUT2D eigenvalue weighted by atomic mass is 32.1. The zero-order valence-electron chi connectivity index (χ0n) is 22.7. The second-order valence-corrected chi connectivity index (χ2v) is 10.5. The maximum absolute atomic E-state index is 6.04. The van der Waals surface area contributed by atoms with Crippen LogP contribution in [0.5, 0.6) is 23.0 Å². The lowest BCUT2D eigenvalue weighted by Gasteiger charge is -2.28. The van der Waals surface area contributed by atoms with Crippen molar-refractivity contribution in [1.29, 1.82) is 0 Å². The Kier molecular flexibility index (Phi) is 6.32. The summed E-state index contributed by atoms with van der Waals surface area (Å²) in [6, 6.07) is 31.9. The largest absolute Gasteiger partial charge is 0.457 e. The van der Waals surface area contributed by atoms with E-state index in [1.807, 2.05) is 79.0 Å². The molecule has 0 radical (unpaired) electrons. The van der Waals surface area contributed by atoms with E-state index in [0.717, 1.165) is 57.0 Å². The number of aryl methyl sites for hydroxylation is 1. The number of hydrogen-bond acceptors (Lipinski definition) is 5. The number of rotatable bonds is 6. The van der Waals surface area contributed by atoms with E-state index < -0.39 is 0 Å². The third kappa shape index (κ3) is 4.56. The standard InChI is InChI=1S/C33H28N4O3S/c1-21-18-27(22(2)36(21)24-13-16-29-30(19-24)39-20-38-29)32-31(28-10-6-7-17-34-28)35-33(41)37(32)23-11-14-26(15-12-23)40-25-8-4-3-5-9-25/h3-19,31-32H,20H2,1-2H3,(H,35,41)/t31-,32-/m1/s1. The number of nitrogens with one attached hydrogen (secondary N) is 1. The molecule has 7 rings (SSSR count). The van der Waals surface area contributed by atoms with Crippen LogP contribution in [0.25, 0.3) is 5.69 Å². The lowest BCUT2D eigenvalue weighted by atomic mass is 9.96. The summed E-state index contributed by atoms with van der Waals surface area (Å²) in [5.41, 5.74) is 6.31. The maximum Gasteiger partial charge on any atom is 0.231 e. The van der Waals surface area contributed by atoms with Crippen molar-refractivity contribution in [3.8, 4) is 28.7 Å². The fourth-order valence-electron chi connectivity index (χ4n) is 5.76. The number of para-hydroxylation sites is 1. The van der Waals surface area contributed by atoms with Gasteiger partial charge >= 0.3 is 0 Å². The van der Waals surface area contributed by atoms with Crippen LogP contribution in [0.4, 0.5) is 5.69 Å². The monoisotopic (exact) mass is 560 g/mol. The molecule has 3 aromatic carbocycles. The average molecular weight is 561 g/mol. The predicted octanol–water partition coefficient (Wildman–Crippen LogP) is 7.19. The molecule has 0 bridgehead atoms. The molecular weight excluding hydrogens is 532 g/mol. The summed E-state index contributed by atoms with van der Waals surface area (Å²) in [7, 11) is 0. The van der Waals surface area contributed by atoms with Gasteiger partial charge in [0.2, 0.25) is 6.79 Å². The number of aromatic nitrogens is 2. The number of nitrogens with zero attached hydrogens (tertiary/aromatic N) is 3. The van der Waals surface area contributed by atoms with Crippen molar-refractivity contribution in [3.63, 3.8) is 0 Å². The van der Waals surface area contributed by atoms with E-state index >= 15 is 0 Å². The van der Waals surface area contributed by atoms with Gasteiger partial charge in [-0.15, -0.1) is 0 Å². The van der Waals surface area contributed by atoms with Crippen LogP contribution in [0, 0.1) is 13.8 Å². The Balaban J connectivity index is 1.29. The first-order chi connectivity index (χ1) is 20.1. The molecule has 8 heteroatoms. The molecule has 204 valence electrons. The molecule has 0 spiro atoms. The van der Waals surface area contributed by atoms with Crippen molar-refractivity contribution in [1.82, 2.24) is 14.9 Å². The second-order valence-electron chi connectivity index (χ2n) is 10.1. The molecule has 0 saturated carbocycles. The van der Waals surface area contributed by atoms with Crippen LogP contribution < -0.4 is 24.4 Å². The zero-order valence-corrected chi connectivity index (χ0v) is 23.5. The molecule has 2 atom stereocenters. The summed E-state index contributed by atoms with van der Waals surface area (Å²) >= 11 is 5.96. The van der Waals surface area contributed by atoms with Gasteiger partial charge in [-0.1, -0.05) is 24.3 Å². The van der Waals surface area contributed by atoms with Crippen molar-refractivity contribution in [2.24, 2.45) is 0 Å². The fraction of sp³-hybridized carbons (Fsp3) is 0.152. The normalized spacial score (nSPS) is 17.5. The number of pyridine rings is 1. The first-order valence-electron chi connectivity index (χ1n) is 13.5. The number of ether oxygens (including phenoxy) is 3. The van der Waals surface area contributed by atoms with Crippen molar-refractivity contribution in [2.75, 3.05) is 11.7 Å². The Hall–Kier alpha value is -4.82. The van der Waals surface area contributed by atoms with Crippen LogP contribution in [0.3, 0.4) is 0 Å². The zero-order chi connectivity index (χ0) is 27.9. The van der Waals surface area contributed by atoms with Crippen LogP contribution in [0.2, 0.25) is 0 Å². The summed E-state index contributed by atoms with van der Waals surface area (Å²) in [5, 5.41) is 4.22. The van der Waals surface area contributed by atoms with Gasteiger partial charge < -0.3 is 29.0 Å². The Labute approximate surface area is 243 Å². The number of benzene rings is 3. The van der Waals surface area contributed by atoms with Gasteiger partial charge in [0.25, 0.3) is 0 Å². The predicted molar refractivity (Wildman–Crippen MR) is 162 cm³/mol. The average Bonchev–Trinajstić information content (AvgIpc) is 3.69. The molecule has 4 heterocycles. The molecular formula is C33H28N4O3S. The number of anilines is 1. The summed E-state index contributed by atoms with van der Waals surface area (Å²) in [5.74, 6) is 3.08. The van der Waals surface area contributed by atoms with Gasteiger partial charge in [0.15, 0.2) is 16.6 Å². The molecule has 2 aliphatic heterocycles. The topological polar surface area (TPSA) is 60.8 Å². The van der Waals surface area contributed by atoms with E-state index in [0.29, 0.717) is 5.11 Å². The molecule has 0 unspecified atom stereocenters. The lowest BCUT2D eigenvalue weighted by molar-refractivity contribution is 0.174. The molecule has 1 N–H and O–H groups in total. The Bertz CT molecular complexity index is 1720. The van der Waals surface area contributed by atoms with Gasteiger partial charge in [0.1, 0.15) is 11.5 Å². The van der Waals surface area contributed by atoms with Crippen LogP contribution in [0.15, 0.2) is 103 Å². The van der Waals surface area contributed by atoms with E-state index in [1.54, 1.807) is 0 Å². The van der Waals surface area contributed by atoms with Gasteiger partial charge in [-0.05, 0) is 98.4 Å². The molecule has 1 saturated heterocycles. The quantitative estimate of drug-likeness (QED) is 0.221. The van der Waals surface area contributed by atoms with E-state index in [-0.39, 0.29) is 18.9 Å². The minimum absolute atomic E-state index is 0.132. The molecule has 2 aromatic heterocycles. The van der Waals surface area contributed by atoms with Crippen LogP contribution in [0.1, 0.15) is 34.7 Å². The Morgan fingerprint density at radius 1 is 0.829 bits per heavy atom. The highest BCUT2D eigenvalue weighted by Crippen LogP contribution is 2.44. The summed E-state index contributed by atoms with van der Waals surface area (Å²) < 4.78 is 19.5. The SMILES string of the molecule is Cc1cc([C@@H]2[C@@H](c3ccccn3)NC(=S)N2c2ccc(Oc3ccccc3)cc2)c(C)n1-c1ccc2c(c1)OCO2. The highest BCUT2D eigenvalue weighted by molar-refractivity contribution is 7.80. The molecule has 2 aliphatic rings. The third-order valence-electron chi connectivity index (χ3n) is 7.60. The minimum Gasteiger partial charge on any atom is -0.457 e. The first-order valence-corrected chi connectivity index (χ1v) is 13.9. The number of fused-ring (bicyclic) bond motifs is 1. The van der Waals surface area contributed by atoms with Crippen molar-refractivity contribution in [3.05, 3.63) is 126 Å². The highest BCUT2D eigenvalue weighted by Gasteiger charge is 2.42.